The van der Waals surface area contributed by atoms with Crippen LogP contribution in [-0.2, 0) is 24.2 Å². The van der Waals surface area contributed by atoms with E-state index in [2.05, 4.69) is 4.98 Å². The largest absolute Gasteiger partial charge is 0.481 e. The number of para-hydroxylation sites is 1. The van der Waals surface area contributed by atoms with Crippen LogP contribution >= 0.6 is 0 Å². The molecule has 0 spiro atoms. The first-order chi connectivity index (χ1) is 17.6. The van der Waals surface area contributed by atoms with E-state index in [0.717, 1.165) is 52.4 Å². The molecule has 0 aliphatic carbocycles. The number of fused-ring (bicyclic) bond motifs is 1. The standard InChI is InChI=1S/C20H22N2O3.C9H15N3/c1-13-3-4-16(11-14(13)2)20(25)22-10-9-15-5-6-17(7-8-19(23)24)21-18(15)12-22;1-3-12(11)8-6-4-5-7(2)9(8)10/h3-6,11H,7-10,12H2,1-2H3,(H,23,24);4-6H,3,10-11H2,1-2H3. The Morgan fingerprint density at radius 3 is 2.49 bits per heavy atom. The van der Waals surface area contributed by atoms with Gasteiger partial charge in [-0.05, 0) is 80.6 Å². The third-order valence-corrected chi connectivity index (χ3v) is 6.71. The second kappa shape index (κ2) is 12.4. The lowest BCUT2D eigenvalue weighted by molar-refractivity contribution is -0.136. The fourth-order valence-corrected chi connectivity index (χ4v) is 4.15. The van der Waals surface area contributed by atoms with Gasteiger partial charge in [0.15, 0.2) is 0 Å². The summed E-state index contributed by atoms with van der Waals surface area (Å²) in [4.78, 5) is 29.9. The molecule has 4 rings (SSSR count). The molecule has 1 aliphatic heterocycles. The number of hydrogen-bond acceptors (Lipinski definition) is 6. The number of anilines is 2. The van der Waals surface area contributed by atoms with Gasteiger partial charge in [0.2, 0.25) is 0 Å². The zero-order chi connectivity index (χ0) is 27.1. The molecule has 0 unspecified atom stereocenters. The summed E-state index contributed by atoms with van der Waals surface area (Å²) in [5, 5.41) is 10.5. The maximum absolute atomic E-state index is 12.8. The molecular formula is C29H37N5O3. The van der Waals surface area contributed by atoms with Gasteiger partial charge in [0.05, 0.1) is 30.0 Å². The van der Waals surface area contributed by atoms with Crippen molar-refractivity contribution in [2.75, 3.05) is 23.8 Å². The number of aryl methyl sites for hydroxylation is 4. The van der Waals surface area contributed by atoms with Crippen LogP contribution in [0, 0.1) is 20.8 Å². The van der Waals surface area contributed by atoms with Crippen molar-refractivity contribution in [3.63, 3.8) is 0 Å². The normalized spacial score (nSPS) is 12.3. The third-order valence-electron chi connectivity index (χ3n) is 6.71. The van der Waals surface area contributed by atoms with Crippen molar-refractivity contribution in [3.05, 3.63) is 87.7 Å². The number of aliphatic carboxylic acids is 1. The highest BCUT2D eigenvalue weighted by Crippen LogP contribution is 2.24. The Hall–Kier alpha value is -3.91. The van der Waals surface area contributed by atoms with Crippen molar-refractivity contribution >= 4 is 23.3 Å². The van der Waals surface area contributed by atoms with Crippen molar-refractivity contribution in [2.45, 2.75) is 53.5 Å². The lowest BCUT2D eigenvalue weighted by Crippen LogP contribution is -2.36. The molecule has 1 aliphatic rings. The SMILES string of the molecule is CCN(N)c1cccc(C)c1N.Cc1ccc(C(=O)N2CCc3ccc(CCC(=O)O)nc3C2)cc1C. The van der Waals surface area contributed by atoms with Crippen LogP contribution in [0.25, 0.3) is 0 Å². The Morgan fingerprint density at radius 1 is 1.05 bits per heavy atom. The molecule has 0 saturated carbocycles. The van der Waals surface area contributed by atoms with Crippen LogP contribution in [0.1, 0.15) is 57.3 Å². The number of carbonyl (C=O) groups excluding carboxylic acids is 1. The smallest absolute Gasteiger partial charge is 0.303 e. The molecule has 0 fully saturated rings. The van der Waals surface area contributed by atoms with E-state index >= 15 is 0 Å². The van der Waals surface area contributed by atoms with Crippen LogP contribution in [0.3, 0.4) is 0 Å². The van der Waals surface area contributed by atoms with Gasteiger partial charge in [-0.1, -0.05) is 24.3 Å². The van der Waals surface area contributed by atoms with Gasteiger partial charge in [-0.25, -0.2) is 5.84 Å². The molecule has 37 heavy (non-hydrogen) atoms. The Kier molecular flexibility index (Phi) is 9.25. The van der Waals surface area contributed by atoms with E-state index in [1.807, 2.05) is 81.1 Å². The predicted molar refractivity (Wildman–Crippen MR) is 147 cm³/mol. The number of benzene rings is 2. The number of hydrogen-bond donors (Lipinski definition) is 3. The van der Waals surface area contributed by atoms with Crippen molar-refractivity contribution in [1.29, 1.82) is 0 Å². The molecule has 1 amide bonds. The van der Waals surface area contributed by atoms with Gasteiger partial charge in [0.25, 0.3) is 5.91 Å². The number of carboxylic acids is 1. The molecule has 0 bridgehead atoms. The molecule has 0 saturated heterocycles. The van der Waals surface area contributed by atoms with Crippen LogP contribution in [0.4, 0.5) is 11.4 Å². The first kappa shape index (κ1) is 27.7. The molecule has 2 heterocycles. The predicted octanol–water partition coefficient (Wildman–Crippen LogP) is 4.19. The van der Waals surface area contributed by atoms with Crippen molar-refractivity contribution < 1.29 is 14.7 Å². The van der Waals surface area contributed by atoms with E-state index in [1.165, 1.54) is 5.56 Å². The molecule has 5 N–H and O–H groups in total. The fraction of sp³-hybridized carbons (Fsp3) is 0.345. The minimum absolute atomic E-state index is 0.0199. The molecule has 0 radical (unpaired) electrons. The zero-order valence-corrected chi connectivity index (χ0v) is 22.1. The zero-order valence-electron chi connectivity index (χ0n) is 22.1. The minimum Gasteiger partial charge on any atom is -0.481 e. The molecule has 3 aromatic rings. The summed E-state index contributed by atoms with van der Waals surface area (Å²) in [6.07, 6.45) is 1.25. The number of nitrogens with zero attached hydrogens (tertiary/aromatic N) is 3. The highest BCUT2D eigenvalue weighted by atomic mass is 16.4. The summed E-state index contributed by atoms with van der Waals surface area (Å²) in [7, 11) is 0. The maximum Gasteiger partial charge on any atom is 0.303 e. The van der Waals surface area contributed by atoms with Gasteiger partial charge in [0.1, 0.15) is 0 Å². The molecule has 1 aromatic heterocycles. The summed E-state index contributed by atoms with van der Waals surface area (Å²) in [6.45, 7) is 9.91. The second-order valence-electron chi connectivity index (χ2n) is 9.37. The minimum atomic E-state index is -0.828. The quantitative estimate of drug-likeness (QED) is 0.262. The molecule has 0 atom stereocenters. The summed E-state index contributed by atoms with van der Waals surface area (Å²) >= 11 is 0. The van der Waals surface area contributed by atoms with Crippen LogP contribution in [0.2, 0.25) is 0 Å². The lowest BCUT2D eigenvalue weighted by Gasteiger charge is -2.28. The number of pyridine rings is 1. The van der Waals surface area contributed by atoms with Crippen LogP contribution in [0.15, 0.2) is 48.5 Å². The highest BCUT2D eigenvalue weighted by molar-refractivity contribution is 5.94. The average Bonchev–Trinajstić information content (AvgIpc) is 2.89. The number of nitrogen functional groups attached to an aromatic ring is 1. The lowest BCUT2D eigenvalue weighted by atomic mass is 10.0. The van der Waals surface area contributed by atoms with Crippen LogP contribution in [0.5, 0.6) is 0 Å². The summed E-state index contributed by atoms with van der Waals surface area (Å²) in [5.74, 6) is 4.91. The summed E-state index contributed by atoms with van der Waals surface area (Å²) in [6, 6.07) is 15.5. The first-order valence-electron chi connectivity index (χ1n) is 12.5. The second-order valence-corrected chi connectivity index (χ2v) is 9.37. The molecular weight excluding hydrogens is 466 g/mol. The summed E-state index contributed by atoms with van der Waals surface area (Å²) in [5.41, 5.74) is 14.3. The number of nitrogens with two attached hydrogens (primary N) is 2. The molecule has 8 nitrogen and oxygen atoms in total. The molecule has 8 heteroatoms. The highest BCUT2D eigenvalue weighted by Gasteiger charge is 2.23. The number of rotatable bonds is 6. The van der Waals surface area contributed by atoms with Crippen LogP contribution < -0.4 is 16.6 Å². The van der Waals surface area contributed by atoms with Gasteiger partial charge >= 0.3 is 5.97 Å². The number of carboxylic acid groups (broad SMARTS) is 1. The van der Waals surface area contributed by atoms with E-state index in [0.29, 0.717) is 25.1 Å². The Morgan fingerprint density at radius 2 is 1.81 bits per heavy atom. The Labute approximate surface area is 218 Å². The van der Waals surface area contributed by atoms with Gasteiger partial charge in [-0.3, -0.25) is 14.6 Å². The van der Waals surface area contributed by atoms with E-state index in [4.69, 9.17) is 16.7 Å². The topological polar surface area (TPSA) is 126 Å². The number of carbonyl (C=O) groups is 2. The van der Waals surface area contributed by atoms with E-state index in [-0.39, 0.29) is 12.3 Å². The van der Waals surface area contributed by atoms with Crippen LogP contribution in [-0.4, -0.2) is 40.0 Å². The van der Waals surface area contributed by atoms with Gasteiger partial charge in [-0.2, -0.15) is 0 Å². The first-order valence-corrected chi connectivity index (χ1v) is 12.5. The van der Waals surface area contributed by atoms with E-state index in [1.54, 1.807) is 5.01 Å². The number of aromatic nitrogens is 1. The monoisotopic (exact) mass is 503 g/mol. The Bertz CT molecular complexity index is 1270. The van der Waals surface area contributed by atoms with Crippen molar-refractivity contribution in [3.8, 4) is 0 Å². The number of hydrazine groups is 1. The van der Waals surface area contributed by atoms with Gasteiger partial charge in [0, 0.05) is 30.8 Å². The average molecular weight is 504 g/mol. The fourth-order valence-electron chi connectivity index (χ4n) is 4.15. The van der Waals surface area contributed by atoms with Crippen molar-refractivity contribution in [1.82, 2.24) is 9.88 Å². The number of amides is 1. The molecule has 2 aromatic carbocycles. The van der Waals surface area contributed by atoms with Gasteiger partial charge < -0.3 is 20.7 Å². The van der Waals surface area contributed by atoms with Gasteiger partial charge in [-0.15, -0.1) is 0 Å². The maximum atomic E-state index is 12.8. The Balaban J connectivity index is 0.000000266. The third kappa shape index (κ3) is 7.07. The van der Waals surface area contributed by atoms with E-state index < -0.39 is 5.97 Å². The van der Waals surface area contributed by atoms with E-state index in [9.17, 15) is 9.59 Å². The van der Waals surface area contributed by atoms with Crippen molar-refractivity contribution in [2.24, 2.45) is 5.84 Å². The summed E-state index contributed by atoms with van der Waals surface area (Å²) < 4.78 is 0. The molecule has 196 valence electrons.